The first-order chi connectivity index (χ1) is 7.63. The minimum atomic E-state index is -0.671. The Balaban J connectivity index is 2.29. The zero-order valence-electron chi connectivity index (χ0n) is 9.17. The van der Waals surface area contributed by atoms with E-state index in [4.69, 9.17) is 10.5 Å². The molecule has 4 heteroatoms. The van der Waals surface area contributed by atoms with Crippen molar-refractivity contribution in [2.45, 2.75) is 25.3 Å². The molecule has 88 valence electrons. The molecule has 2 nitrogen and oxygen atoms in total. The number of rotatable bonds is 4. The Hall–Kier alpha value is -1.16. The van der Waals surface area contributed by atoms with Crippen molar-refractivity contribution in [3.05, 3.63) is 29.3 Å². The van der Waals surface area contributed by atoms with Crippen LogP contribution in [-0.4, -0.2) is 7.11 Å². The maximum atomic E-state index is 13.8. The number of hydrogen-bond donors (Lipinski definition) is 1. The topological polar surface area (TPSA) is 35.2 Å². The van der Waals surface area contributed by atoms with Crippen LogP contribution < -0.4 is 10.5 Å². The van der Waals surface area contributed by atoms with E-state index in [-0.39, 0.29) is 11.3 Å². The Morgan fingerprint density at radius 3 is 2.69 bits per heavy atom. The second-order valence-electron chi connectivity index (χ2n) is 4.26. The number of hydrogen-bond acceptors (Lipinski definition) is 2. The van der Waals surface area contributed by atoms with Gasteiger partial charge in [0.05, 0.1) is 7.11 Å². The standard InChI is InChI=1S/C12H15F2NO/c1-16-10-5-4-8(13)11(12(10)14)9(15)6-7-2-3-7/h4-5,7,9H,2-3,6,15H2,1H3/t9-/m0/s1. The van der Waals surface area contributed by atoms with Crippen LogP contribution in [0.1, 0.15) is 30.9 Å². The first-order valence-electron chi connectivity index (χ1n) is 5.41. The molecule has 0 amide bonds. The summed E-state index contributed by atoms with van der Waals surface area (Å²) in [5.74, 6) is -0.690. The quantitative estimate of drug-likeness (QED) is 0.858. The highest BCUT2D eigenvalue weighted by Gasteiger charge is 2.28. The molecule has 0 saturated heterocycles. The van der Waals surface area contributed by atoms with E-state index in [0.29, 0.717) is 12.3 Å². The lowest BCUT2D eigenvalue weighted by atomic mass is 10.0. The molecule has 0 aromatic heterocycles. The van der Waals surface area contributed by atoms with Gasteiger partial charge in [0.15, 0.2) is 11.6 Å². The van der Waals surface area contributed by atoms with Gasteiger partial charge in [0.1, 0.15) is 5.82 Å². The third-order valence-corrected chi connectivity index (χ3v) is 2.97. The third kappa shape index (κ3) is 2.16. The van der Waals surface area contributed by atoms with Gasteiger partial charge in [-0.15, -0.1) is 0 Å². The van der Waals surface area contributed by atoms with Crippen LogP contribution in [0.4, 0.5) is 8.78 Å². The smallest absolute Gasteiger partial charge is 0.172 e. The fraction of sp³-hybridized carbons (Fsp3) is 0.500. The second kappa shape index (κ2) is 4.37. The van der Waals surface area contributed by atoms with E-state index in [2.05, 4.69) is 0 Å². The van der Waals surface area contributed by atoms with Gasteiger partial charge >= 0.3 is 0 Å². The molecule has 1 fully saturated rings. The van der Waals surface area contributed by atoms with Gasteiger partial charge in [-0.25, -0.2) is 8.78 Å². The average Bonchev–Trinajstić information content (AvgIpc) is 3.02. The molecule has 2 rings (SSSR count). The Kier molecular flexibility index (Phi) is 3.10. The van der Waals surface area contributed by atoms with Crippen LogP contribution in [0.15, 0.2) is 12.1 Å². The van der Waals surface area contributed by atoms with Gasteiger partial charge in [-0.05, 0) is 24.5 Å². The first kappa shape index (κ1) is 11.3. The van der Waals surface area contributed by atoms with Crippen LogP contribution >= 0.6 is 0 Å². The van der Waals surface area contributed by atoms with Gasteiger partial charge in [0.25, 0.3) is 0 Å². The fourth-order valence-electron chi connectivity index (χ4n) is 1.88. The first-order valence-corrected chi connectivity index (χ1v) is 5.41. The number of methoxy groups -OCH3 is 1. The van der Waals surface area contributed by atoms with E-state index in [1.165, 1.54) is 19.2 Å². The summed E-state index contributed by atoms with van der Waals surface area (Å²) in [6.45, 7) is 0. The normalized spacial score (nSPS) is 17.2. The summed E-state index contributed by atoms with van der Waals surface area (Å²) < 4.78 is 32.1. The number of ether oxygens (including phenoxy) is 1. The monoisotopic (exact) mass is 227 g/mol. The van der Waals surface area contributed by atoms with Crippen LogP contribution in [0.5, 0.6) is 5.75 Å². The Morgan fingerprint density at radius 2 is 2.12 bits per heavy atom. The van der Waals surface area contributed by atoms with Crippen molar-refractivity contribution in [1.82, 2.24) is 0 Å². The second-order valence-corrected chi connectivity index (χ2v) is 4.26. The highest BCUT2D eigenvalue weighted by Crippen LogP contribution is 2.38. The lowest BCUT2D eigenvalue weighted by molar-refractivity contribution is 0.376. The SMILES string of the molecule is COc1ccc(F)c([C@@H](N)CC2CC2)c1F. The molecular formula is C12H15F2NO. The summed E-state index contributed by atoms with van der Waals surface area (Å²) in [5.41, 5.74) is 5.78. The molecule has 1 saturated carbocycles. The van der Waals surface area contributed by atoms with Gasteiger partial charge in [-0.3, -0.25) is 0 Å². The summed E-state index contributed by atoms with van der Waals surface area (Å²) in [4.78, 5) is 0. The van der Waals surface area contributed by atoms with E-state index in [1.807, 2.05) is 0 Å². The molecule has 0 heterocycles. The summed E-state index contributed by atoms with van der Waals surface area (Å²) in [6, 6.07) is 1.89. The highest BCUT2D eigenvalue weighted by molar-refractivity contribution is 5.34. The van der Waals surface area contributed by atoms with E-state index in [0.717, 1.165) is 12.8 Å². The fourth-order valence-corrected chi connectivity index (χ4v) is 1.88. The molecule has 1 aromatic carbocycles. The van der Waals surface area contributed by atoms with Crippen molar-refractivity contribution in [3.63, 3.8) is 0 Å². The highest BCUT2D eigenvalue weighted by atomic mass is 19.1. The molecule has 0 unspecified atom stereocenters. The zero-order chi connectivity index (χ0) is 11.7. The van der Waals surface area contributed by atoms with E-state index >= 15 is 0 Å². The molecule has 1 aromatic rings. The maximum absolute atomic E-state index is 13.8. The zero-order valence-corrected chi connectivity index (χ0v) is 9.17. The largest absolute Gasteiger partial charge is 0.494 e. The van der Waals surface area contributed by atoms with Gasteiger partial charge in [0, 0.05) is 11.6 Å². The minimum Gasteiger partial charge on any atom is -0.494 e. The van der Waals surface area contributed by atoms with Crippen LogP contribution in [0.3, 0.4) is 0 Å². The summed E-state index contributed by atoms with van der Waals surface area (Å²) in [5, 5.41) is 0. The summed E-state index contributed by atoms with van der Waals surface area (Å²) in [7, 11) is 1.35. The number of halogens is 2. The Morgan fingerprint density at radius 1 is 1.44 bits per heavy atom. The molecule has 0 spiro atoms. The van der Waals surface area contributed by atoms with Crippen molar-refractivity contribution in [1.29, 1.82) is 0 Å². The molecule has 1 atom stereocenters. The lowest BCUT2D eigenvalue weighted by Gasteiger charge is -2.15. The van der Waals surface area contributed by atoms with Crippen molar-refractivity contribution in [2.75, 3.05) is 7.11 Å². The van der Waals surface area contributed by atoms with Crippen LogP contribution in [0, 0.1) is 17.6 Å². The minimum absolute atomic E-state index is 0.0441. The van der Waals surface area contributed by atoms with Crippen molar-refractivity contribution >= 4 is 0 Å². The predicted octanol–water partition coefficient (Wildman–Crippen LogP) is 2.77. The molecule has 1 aliphatic rings. The van der Waals surface area contributed by atoms with Gasteiger partial charge < -0.3 is 10.5 Å². The summed E-state index contributed by atoms with van der Waals surface area (Å²) >= 11 is 0. The number of benzene rings is 1. The van der Waals surface area contributed by atoms with Crippen molar-refractivity contribution < 1.29 is 13.5 Å². The van der Waals surface area contributed by atoms with Gasteiger partial charge in [-0.1, -0.05) is 12.8 Å². The average molecular weight is 227 g/mol. The molecule has 0 aliphatic heterocycles. The molecule has 16 heavy (non-hydrogen) atoms. The maximum Gasteiger partial charge on any atom is 0.172 e. The summed E-state index contributed by atoms with van der Waals surface area (Å²) in [6.07, 6.45) is 2.86. The predicted molar refractivity (Wildman–Crippen MR) is 57.2 cm³/mol. The molecule has 1 aliphatic carbocycles. The van der Waals surface area contributed by atoms with Crippen LogP contribution in [0.25, 0.3) is 0 Å². The molecule has 0 radical (unpaired) electrons. The molecular weight excluding hydrogens is 212 g/mol. The van der Waals surface area contributed by atoms with Crippen LogP contribution in [0.2, 0.25) is 0 Å². The lowest BCUT2D eigenvalue weighted by Crippen LogP contribution is -2.15. The molecule has 2 N–H and O–H groups in total. The Labute approximate surface area is 93.4 Å². The van der Waals surface area contributed by atoms with Crippen molar-refractivity contribution in [3.8, 4) is 5.75 Å². The van der Waals surface area contributed by atoms with E-state index in [9.17, 15) is 8.78 Å². The molecule has 0 bridgehead atoms. The van der Waals surface area contributed by atoms with Crippen molar-refractivity contribution in [2.24, 2.45) is 11.7 Å². The Bertz CT molecular complexity index is 391. The number of nitrogens with two attached hydrogens (primary N) is 1. The van der Waals surface area contributed by atoms with Gasteiger partial charge in [0.2, 0.25) is 0 Å². The van der Waals surface area contributed by atoms with E-state index < -0.39 is 17.7 Å². The van der Waals surface area contributed by atoms with Gasteiger partial charge in [-0.2, -0.15) is 0 Å². The third-order valence-electron chi connectivity index (χ3n) is 2.97. The van der Waals surface area contributed by atoms with Crippen LogP contribution in [-0.2, 0) is 0 Å². The van der Waals surface area contributed by atoms with E-state index in [1.54, 1.807) is 0 Å².